The number of rotatable bonds is 12. The molecule has 0 bridgehead atoms. The lowest BCUT2D eigenvalue weighted by Gasteiger charge is -2.45. The molecule has 3 N–H and O–H groups in total. The number of unbranched alkanes of at least 4 members (excludes halogenated alkanes) is 2. The van der Waals surface area contributed by atoms with Gasteiger partial charge in [-0.2, -0.15) is 0 Å². The second kappa shape index (κ2) is 24.1. The van der Waals surface area contributed by atoms with Crippen molar-refractivity contribution in [1.29, 1.82) is 0 Å². The molecule has 4 heterocycles. The van der Waals surface area contributed by atoms with Crippen LogP contribution in [-0.2, 0) is 30.5 Å². The maximum absolute atomic E-state index is 13.4. The van der Waals surface area contributed by atoms with E-state index < -0.39 is 7.05 Å². The van der Waals surface area contributed by atoms with Crippen LogP contribution in [0.2, 0.25) is 16.9 Å². The van der Waals surface area contributed by atoms with Gasteiger partial charge in [-0.25, -0.2) is 0 Å². The first-order valence-electron chi connectivity index (χ1n) is 23.2. The van der Waals surface area contributed by atoms with Gasteiger partial charge in [0, 0.05) is 88.7 Å². The maximum atomic E-state index is 13.4. The maximum Gasteiger partial charge on any atom is 0.373 e. The van der Waals surface area contributed by atoms with Crippen molar-refractivity contribution in [2.45, 2.75) is 123 Å². The summed E-state index contributed by atoms with van der Waals surface area (Å²) in [5.74, 6) is -0.0184. The summed E-state index contributed by atoms with van der Waals surface area (Å²) < 4.78 is 2.06. The third-order valence-electron chi connectivity index (χ3n) is 13.3. The summed E-state index contributed by atoms with van der Waals surface area (Å²) in [6, 6.07) is 18.1. The van der Waals surface area contributed by atoms with Gasteiger partial charge in [-0.05, 0) is 154 Å². The Bertz CT molecular complexity index is 2080. The molecule has 2 aromatic heterocycles. The fourth-order valence-electron chi connectivity index (χ4n) is 10.1. The zero-order chi connectivity index (χ0) is 44.6. The van der Waals surface area contributed by atoms with Gasteiger partial charge in [-0.1, -0.05) is 89.2 Å². The fourth-order valence-corrected chi connectivity index (χ4v) is 11.2. The van der Waals surface area contributed by atoms with E-state index in [1.165, 1.54) is 58.3 Å². The summed E-state index contributed by atoms with van der Waals surface area (Å²) in [4.78, 5) is 30.5. The smallest absolute Gasteiger partial charge is 0.373 e. The lowest BCUT2D eigenvalue weighted by Crippen LogP contribution is -2.57. The van der Waals surface area contributed by atoms with E-state index in [4.69, 9.17) is 33.2 Å². The fraction of sp³-hybridized carbons (Fsp3) is 0.540. The van der Waals surface area contributed by atoms with E-state index in [1.807, 2.05) is 31.5 Å². The highest BCUT2D eigenvalue weighted by Crippen LogP contribution is 2.40. The van der Waals surface area contributed by atoms with E-state index in [0.717, 1.165) is 102 Å². The van der Waals surface area contributed by atoms with Crippen molar-refractivity contribution in [3.8, 4) is 0 Å². The molecule has 5 atom stereocenters. The van der Waals surface area contributed by atoms with Gasteiger partial charge in [0.15, 0.2) is 0 Å². The van der Waals surface area contributed by atoms with E-state index in [0.29, 0.717) is 19.1 Å². The van der Waals surface area contributed by atoms with Crippen molar-refractivity contribution in [2.75, 3.05) is 45.8 Å². The minimum atomic E-state index is -0.621. The van der Waals surface area contributed by atoms with Crippen LogP contribution in [0.1, 0.15) is 124 Å². The predicted molar refractivity (Wildman–Crippen MR) is 273 cm³/mol. The zero-order valence-electron chi connectivity index (χ0n) is 37.4. The molecule has 2 fully saturated rings. The Morgan fingerprint density at radius 1 is 0.812 bits per heavy atom. The molecule has 2 aliphatic heterocycles. The Morgan fingerprint density at radius 3 is 1.89 bits per heavy atom. The molecule has 2 aromatic carbocycles. The first-order valence-corrected chi connectivity index (χ1v) is 25.6. The van der Waals surface area contributed by atoms with Gasteiger partial charge in [0.1, 0.15) is 0 Å². The highest BCUT2D eigenvalue weighted by molar-refractivity contribution is 9.10. The van der Waals surface area contributed by atoms with Gasteiger partial charge in [0.2, 0.25) is 5.91 Å². The summed E-state index contributed by atoms with van der Waals surface area (Å²) in [7, 11) is -0.621. The quantitative estimate of drug-likeness (QED) is 0.121. The Labute approximate surface area is 410 Å². The minimum Gasteiger partial charge on any atom is -0.437 e. The molecule has 64 heavy (non-hydrogen) atoms. The summed E-state index contributed by atoms with van der Waals surface area (Å²) in [6.45, 7) is 14.0. The molecule has 2 saturated heterocycles. The van der Waals surface area contributed by atoms with Gasteiger partial charge < -0.3 is 20.5 Å². The van der Waals surface area contributed by atoms with Gasteiger partial charge in [-0.15, -0.1) is 0 Å². The van der Waals surface area contributed by atoms with Crippen molar-refractivity contribution < 1.29 is 9.82 Å². The van der Waals surface area contributed by atoms with Crippen LogP contribution in [0.3, 0.4) is 0 Å². The van der Waals surface area contributed by atoms with Crippen LogP contribution >= 0.6 is 55.1 Å². The third kappa shape index (κ3) is 12.6. The van der Waals surface area contributed by atoms with Crippen LogP contribution in [0.15, 0.2) is 69.9 Å². The number of hydrogen-bond acceptors (Lipinski definition) is 8. The number of carbonyl (C=O) groups is 1. The van der Waals surface area contributed by atoms with Crippen LogP contribution < -0.4 is 10.5 Å². The molecule has 2 aliphatic carbocycles. The van der Waals surface area contributed by atoms with E-state index in [9.17, 15) is 9.82 Å². The normalized spacial score (nSPS) is 21.4. The zero-order valence-corrected chi connectivity index (χ0v) is 42.0. The molecule has 0 saturated carbocycles. The number of benzene rings is 2. The molecule has 9 nitrogen and oxygen atoms in total. The molecule has 1 amide bonds. The molecule has 346 valence electrons. The van der Waals surface area contributed by atoms with E-state index >= 15 is 0 Å². The minimum absolute atomic E-state index is 0. The van der Waals surface area contributed by atoms with Crippen LogP contribution in [0.4, 0.5) is 0 Å². The Morgan fingerprint density at radius 2 is 1.34 bits per heavy atom. The number of nitrogens with zero attached hydrogens (tertiary/aromatic N) is 5. The highest BCUT2D eigenvalue weighted by Gasteiger charge is 2.38. The second-order valence-corrected chi connectivity index (χ2v) is 20.7. The van der Waals surface area contributed by atoms with Crippen molar-refractivity contribution >= 4 is 68.0 Å². The highest BCUT2D eigenvalue weighted by atomic mass is 79.9. The predicted octanol–water partition coefficient (Wildman–Crippen LogP) is 10.5. The van der Waals surface area contributed by atoms with Crippen LogP contribution in [0.25, 0.3) is 0 Å². The standard InChI is InChI=1S/C27H37BBrClN4O2.C22H27BrClN3.CH4/c1-4-5-6-23-17-33(11-12-34(23)27(35)18(2)15-32-28(3)36)26-24-10-9-22(30)14-19(24)7-8-20-13-21(29)16-31-25(20)26;1-2-3-4-19-14-27(10-9-25-19)22-20-8-7-18(24)12-15(20)5-6-16-11-17(23)13-26-21(16)22;/h9-10,13-14,16,18,23,26,32,36H,4-8,11-12,15,17H2,1-3H3;7-8,11-13,19,22,25H,2-6,9-10,14H2,1H3;1H4/t18-,23?,26?;;/m0../s1. The molecular weight excluding hydrogens is 972 g/mol. The van der Waals surface area contributed by atoms with Crippen molar-refractivity contribution in [3.63, 3.8) is 0 Å². The molecule has 14 heteroatoms. The van der Waals surface area contributed by atoms with E-state index in [2.05, 4.69) is 107 Å². The average molecular weight is 1040 g/mol. The number of hydrogen-bond donors (Lipinski definition) is 3. The Hall–Kier alpha value is -2.39. The number of halogens is 4. The number of fused-ring (bicyclic) bond motifs is 4. The molecule has 0 radical (unpaired) electrons. The number of amides is 1. The monoisotopic (exact) mass is 1040 g/mol. The topological polar surface area (TPSA) is 96.9 Å². The molecule has 4 unspecified atom stereocenters. The van der Waals surface area contributed by atoms with Crippen molar-refractivity contribution in [2.24, 2.45) is 5.92 Å². The number of pyridine rings is 2. The van der Waals surface area contributed by atoms with Crippen molar-refractivity contribution in [3.05, 3.63) is 125 Å². The molecule has 0 spiro atoms. The second-order valence-electron chi connectivity index (χ2n) is 18.0. The van der Waals surface area contributed by atoms with E-state index in [1.54, 1.807) is 6.82 Å². The molecular formula is C50H68BBr2Cl2N7O2. The Balaban J connectivity index is 0.000000217. The number of piperazine rings is 2. The van der Waals surface area contributed by atoms with Gasteiger partial charge in [0.05, 0.1) is 23.5 Å². The van der Waals surface area contributed by atoms with Crippen LogP contribution in [-0.4, -0.2) is 101 Å². The van der Waals surface area contributed by atoms with Crippen LogP contribution in [0.5, 0.6) is 0 Å². The van der Waals surface area contributed by atoms with Crippen LogP contribution in [0, 0.1) is 5.92 Å². The lowest BCUT2D eigenvalue weighted by molar-refractivity contribution is -0.140. The van der Waals surface area contributed by atoms with E-state index in [-0.39, 0.29) is 37.4 Å². The number of aromatic nitrogens is 2. The third-order valence-corrected chi connectivity index (χ3v) is 14.7. The summed E-state index contributed by atoms with van der Waals surface area (Å²) >= 11 is 20.0. The Kier molecular flexibility index (Phi) is 19.2. The van der Waals surface area contributed by atoms with Gasteiger partial charge in [-0.3, -0.25) is 24.6 Å². The summed E-state index contributed by atoms with van der Waals surface area (Å²) in [5, 5.41) is 17.9. The largest absolute Gasteiger partial charge is 0.437 e. The SMILES string of the molecule is C.CCCCC1CN(C2c3ccc(Cl)cc3CCc3cc(Br)cnc32)CCN1.CCCCC1CN(C2c3ccc(Cl)cc3CCc3cc(Br)cnc32)CCN1C(=O)[C@@H](C)CNB(C)O. The van der Waals surface area contributed by atoms with Gasteiger partial charge >= 0.3 is 7.05 Å². The first-order chi connectivity index (χ1) is 30.4. The molecule has 8 rings (SSSR count). The first kappa shape index (κ1) is 51.0. The average Bonchev–Trinajstić information content (AvgIpc) is 3.53. The molecule has 4 aromatic rings. The summed E-state index contributed by atoms with van der Waals surface area (Å²) in [5.41, 5.74) is 10.3. The summed E-state index contributed by atoms with van der Waals surface area (Å²) in [6.07, 6.45) is 14.7. The van der Waals surface area contributed by atoms with Gasteiger partial charge in [0.25, 0.3) is 0 Å². The molecule has 4 aliphatic rings. The number of carbonyl (C=O) groups excluding carboxylic acids is 1. The number of nitrogens with one attached hydrogen (secondary N) is 2. The number of aryl methyl sites for hydroxylation is 4. The van der Waals surface area contributed by atoms with Crippen molar-refractivity contribution in [1.82, 2.24) is 35.2 Å². The lowest BCUT2D eigenvalue weighted by atomic mass is 9.88.